The Morgan fingerprint density at radius 1 is 1.21 bits per heavy atom. The van der Waals surface area contributed by atoms with Gasteiger partial charge >= 0.3 is 6.18 Å². The third-order valence-electron chi connectivity index (χ3n) is 4.52. The van der Waals surface area contributed by atoms with Crippen molar-refractivity contribution < 1.29 is 21.6 Å². The quantitative estimate of drug-likeness (QED) is 0.753. The van der Waals surface area contributed by atoms with Crippen LogP contribution in [-0.2, 0) is 16.4 Å². The molecular weight excluding hydrogens is 429 g/mol. The highest BCUT2D eigenvalue weighted by atomic mass is 32.2. The Balaban J connectivity index is 1.77. The normalized spacial score (nSPS) is 17.1. The highest BCUT2D eigenvalue weighted by Gasteiger charge is 2.36. The number of thiazole rings is 1. The summed E-state index contributed by atoms with van der Waals surface area (Å²) in [5.41, 5.74) is -1.13. The summed E-state index contributed by atoms with van der Waals surface area (Å²) in [4.78, 5) is 12.3. The number of piperidine rings is 1. The largest absolute Gasteiger partial charge is 0.420 e. The van der Waals surface area contributed by atoms with Gasteiger partial charge in [0.05, 0.1) is 15.6 Å². The molecule has 8 nitrogen and oxygen atoms in total. The summed E-state index contributed by atoms with van der Waals surface area (Å²) in [6.07, 6.45) is -1.46. The predicted molar refractivity (Wildman–Crippen MR) is 104 cm³/mol. The third kappa shape index (κ3) is 4.85. The van der Waals surface area contributed by atoms with Crippen LogP contribution in [-0.4, -0.2) is 65.2 Å². The Labute approximate surface area is 171 Å². The maximum Gasteiger partial charge on any atom is 0.420 e. The van der Waals surface area contributed by atoms with Crippen molar-refractivity contribution in [1.82, 2.24) is 23.6 Å². The van der Waals surface area contributed by atoms with Gasteiger partial charge in [-0.1, -0.05) is 0 Å². The molecule has 0 unspecified atom stereocenters. The zero-order valence-corrected chi connectivity index (χ0v) is 17.7. The SMILES string of the molecule is Cc1ncc(-c2nc(NC3CCN(S(=O)(=O)N(C)C)CC3)ncc2C(F)(F)F)s1. The molecule has 1 aliphatic heterocycles. The van der Waals surface area contributed by atoms with Crippen LogP contribution in [0.3, 0.4) is 0 Å². The topological polar surface area (TPSA) is 91.3 Å². The second-order valence-corrected chi connectivity index (χ2v) is 10.2. The van der Waals surface area contributed by atoms with Gasteiger partial charge in [-0.2, -0.15) is 30.2 Å². The number of rotatable bonds is 5. The molecule has 2 aromatic heterocycles. The molecule has 13 heteroatoms. The van der Waals surface area contributed by atoms with E-state index in [9.17, 15) is 21.6 Å². The van der Waals surface area contributed by atoms with Gasteiger partial charge in [0.1, 0.15) is 5.56 Å². The molecule has 160 valence electrons. The van der Waals surface area contributed by atoms with Gasteiger partial charge in [0, 0.05) is 45.6 Å². The Kier molecular flexibility index (Phi) is 6.13. The van der Waals surface area contributed by atoms with Crippen LogP contribution >= 0.6 is 11.3 Å². The molecule has 0 aliphatic carbocycles. The first-order valence-electron chi connectivity index (χ1n) is 8.79. The summed E-state index contributed by atoms with van der Waals surface area (Å²) in [6.45, 7) is 2.32. The van der Waals surface area contributed by atoms with Crippen LogP contribution < -0.4 is 5.32 Å². The zero-order valence-electron chi connectivity index (χ0n) is 16.1. The zero-order chi connectivity index (χ0) is 21.4. The van der Waals surface area contributed by atoms with Gasteiger partial charge in [-0.05, 0) is 19.8 Å². The number of nitrogens with one attached hydrogen (secondary N) is 1. The number of hydrogen-bond donors (Lipinski definition) is 1. The molecular formula is C16H21F3N6O2S2. The number of anilines is 1. The van der Waals surface area contributed by atoms with E-state index in [1.165, 1.54) is 24.6 Å². The fourth-order valence-electron chi connectivity index (χ4n) is 2.96. The van der Waals surface area contributed by atoms with E-state index in [2.05, 4.69) is 20.3 Å². The minimum atomic E-state index is -4.59. The monoisotopic (exact) mass is 450 g/mol. The van der Waals surface area contributed by atoms with E-state index in [1.54, 1.807) is 6.92 Å². The molecule has 29 heavy (non-hydrogen) atoms. The lowest BCUT2D eigenvalue weighted by Crippen LogP contribution is -2.46. The van der Waals surface area contributed by atoms with Crippen LogP contribution in [0, 0.1) is 6.92 Å². The number of nitrogens with zero attached hydrogens (tertiary/aromatic N) is 5. The Morgan fingerprint density at radius 2 is 1.86 bits per heavy atom. The van der Waals surface area contributed by atoms with Crippen LogP contribution in [0.25, 0.3) is 10.6 Å². The minimum absolute atomic E-state index is 0.0768. The van der Waals surface area contributed by atoms with Crippen molar-refractivity contribution in [2.75, 3.05) is 32.5 Å². The number of aromatic nitrogens is 3. The summed E-state index contributed by atoms with van der Waals surface area (Å²) < 4.78 is 67.0. The molecule has 1 N–H and O–H groups in total. The van der Waals surface area contributed by atoms with Gasteiger partial charge in [-0.25, -0.2) is 15.0 Å². The van der Waals surface area contributed by atoms with E-state index in [1.807, 2.05) is 0 Å². The van der Waals surface area contributed by atoms with Crippen molar-refractivity contribution in [3.63, 3.8) is 0 Å². The molecule has 1 saturated heterocycles. The average Bonchev–Trinajstić information content (AvgIpc) is 3.07. The molecule has 1 fully saturated rings. The van der Waals surface area contributed by atoms with E-state index in [4.69, 9.17) is 0 Å². The van der Waals surface area contributed by atoms with Gasteiger partial charge < -0.3 is 5.32 Å². The van der Waals surface area contributed by atoms with Gasteiger partial charge in [0.15, 0.2) is 0 Å². The minimum Gasteiger partial charge on any atom is -0.351 e. The van der Waals surface area contributed by atoms with Crippen molar-refractivity contribution in [2.24, 2.45) is 0 Å². The molecule has 0 atom stereocenters. The smallest absolute Gasteiger partial charge is 0.351 e. The van der Waals surface area contributed by atoms with E-state index in [0.29, 0.717) is 35.8 Å². The molecule has 0 saturated carbocycles. The Bertz CT molecular complexity index is 969. The molecule has 0 aromatic carbocycles. The highest BCUT2D eigenvalue weighted by molar-refractivity contribution is 7.86. The van der Waals surface area contributed by atoms with Crippen molar-refractivity contribution in [2.45, 2.75) is 32.0 Å². The van der Waals surface area contributed by atoms with E-state index < -0.39 is 21.9 Å². The van der Waals surface area contributed by atoms with E-state index >= 15 is 0 Å². The van der Waals surface area contributed by atoms with Crippen LogP contribution in [0.15, 0.2) is 12.4 Å². The van der Waals surface area contributed by atoms with Crippen molar-refractivity contribution >= 4 is 27.5 Å². The van der Waals surface area contributed by atoms with Gasteiger partial charge in [0.2, 0.25) is 5.95 Å². The molecule has 0 bridgehead atoms. The van der Waals surface area contributed by atoms with Crippen LogP contribution in [0.2, 0.25) is 0 Å². The maximum atomic E-state index is 13.4. The predicted octanol–water partition coefficient (Wildman–Crippen LogP) is 2.61. The first kappa shape index (κ1) is 21.9. The number of halogens is 3. The van der Waals surface area contributed by atoms with E-state index in [0.717, 1.165) is 21.8 Å². The molecule has 3 heterocycles. The summed E-state index contributed by atoms with van der Waals surface area (Å²) in [5, 5.41) is 3.67. The average molecular weight is 451 g/mol. The first-order valence-corrected chi connectivity index (χ1v) is 11.0. The standard InChI is InChI=1S/C16H21F3N6O2S2/c1-10-20-9-13(28-10)14-12(16(17,18)19)8-21-15(23-14)22-11-4-6-25(7-5-11)29(26,27)24(2)3/h8-9,11H,4-7H2,1-3H3,(H,21,22,23). The second-order valence-electron chi connectivity index (χ2n) is 6.81. The fourth-order valence-corrected chi connectivity index (χ4v) is 4.88. The van der Waals surface area contributed by atoms with Crippen LogP contribution in [0.1, 0.15) is 23.4 Å². The summed E-state index contributed by atoms with van der Waals surface area (Å²) in [5.74, 6) is 0.0768. The van der Waals surface area contributed by atoms with E-state index in [-0.39, 0.29) is 17.7 Å². The number of alkyl halides is 3. The third-order valence-corrected chi connectivity index (χ3v) is 7.38. The lowest BCUT2D eigenvalue weighted by atomic mass is 10.1. The van der Waals surface area contributed by atoms with Crippen molar-refractivity contribution in [1.29, 1.82) is 0 Å². The van der Waals surface area contributed by atoms with Crippen LogP contribution in [0.5, 0.6) is 0 Å². The molecule has 2 aromatic rings. The van der Waals surface area contributed by atoms with Crippen molar-refractivity contribution in [3.8, 4) is 10.6 Å². The molecule has 3 rings (SSSR count). The summed E-state index contributed by atoms with van der Waals surface area (Å²) >= 11 is 1.12. The Morgan fingerprint density at radius 3 is 2.38 bits per heavy atom. The highest BCUT2D eigenvalue weighted by Crippen LogP contribution is 2.38. The van der Waals surface area contributed by atoms with Gasteiger partial charge in [0.25, 0.3) is 10.2 Å². The summed E-state index contributed by atoms with van der Waals surface area (Å²) in [7, 11) is -0.540. The lowest BCUT2D eigenvalue weighted by molar-refractivity contribution is -0.137. The Hall–Kier alpha value is -1.83. The lowest BCUT2D eigenvalue weighted by Gasteiger charge is -2.33. The number of hydrogen-bond acceptors (Lipinski definition) is 7. The maximum absolute atomic E-state index is 13.4. The molecule has 0 radical (unpaired) electrons. The number of aryl methyl sites for hydroxylation is 1. The second kappa shape index (κ2) is 8.13. The summed E-state index contributed by atoms with van der Waals surface area (Å²) in [6, 6.07) is -0.142. The van der Waals surface area contributed by atoms with Crippen LogP contribution in [0.4, 0.5) is 19.1 Å². The van der Waals surface area contributed by atoms with Gasteiger partial charge in [-0.15, -0.1) is 11.3 Å². The fraction of sp³-hybridized carbons (Fsp3) is 0.562. The molecule has 0 spiro atoms. The van der Waals surface area contributed by atoms with Gasteiger partial charge in [-0.3, -0.25) is 0 Å². The first-order chi connectivity index (χ1) is 13.5. The molecule has 0 amide bonds. The molecule has 1 aliphatic rings. The van der Waals surface area contributed by atoms with Crippen molar-refractivity contribution in [3.05, 3.63) is 23.0 Å².